The fourth-order valence-corrected chi connectivity index (χ4v) is 3.13. The minimum absolute atomic E-state index is 0.200. The molecule has 0 fully saturated rings. The van der Waals surface area contributed by atoms with Gasteiger partial charge in [0.2, 0.25) is 5.13 Å². The van der Waals surface area contributed by atoms with Gasteiger partial charge in [0.15, 0.2) is 0 Å². The molecule has 3 aromatic rings. The largest absolute Gasteiger partial charge is 0.497 e. The highest BCUT2D eigenvalue weighted by atomic mass is 32.1. The Kier molecular flexibility index (Phi) is 5.77. The second-order valence-corrected chi connectivity index (χ2v) is 6.63. The summed E-state index contributed by atoms with van der Waals surface area (Å²) in [5, 5.41) is 11.9. The van der Waals surface area contributed by atoms with E-state index in [1.54, 1.807) is 31.4 Å². The van der Waals surface area contributed by atoms with Crippen molar-refractivity contribution in [1.82, 2.24) is 10.2 Å². The Hall–Kier alpha value is -3.26. The number of carbonyl (C=O) groups excluding carboxylic acids is 2. The molecule has 0 atom stereocenters. The second-order valence-electron chi connectivity index (χ2n) is 5.57. The van der Waals surface area contributed by atoms with E-state index in [0.717, 1.165) is 16.3 Å². The number of hydrogen-bond donors (Lipinski definition) is 1. The number of anilines is 1. The number of aromatic nitrogens is 2. The van der Waals surface area contributed by atoms with Crippen LogP contribution in [0.4, 0.5) is 5.13 Å². The first-order valence-corrected chi connectivity index (χ1v) is 8.91. The molecule has 2 aromatic carbocycles. The summed E-state index contributed by atoms with van der Waals surface area (Å²) in [5.74, 6) is 0.0767. The van der Waals surface area contributed by atoms with E-state index >= 15 is 0 Å². The summed E-state index contributed by atoms with van der Waals surface area (Å²) in [6, 6.07) is 14.2. The fourth-order valence-electron chi connectivity index (χ4n) is 2.36. The average molecular weight is 383 g/mol. The van der Waals surface area contributed by atoms with E-state index in [1.165, 1.54) is 18.3 Å². The van der Waals surface area contributed by atoms with Gasteiger partial charge in [-0.05, 0) is 29.8 Å². The van der Waals surface area contributed by atoms with E-state index in [2.05, 4.69) is 15.5 Å². The van der Waals surface area contributed by atoms with Crippen LogP contribution in [0.1, 0.15) is 27.9 Å². The van der Waals surface area contributed by atoms with Gasteiger partial charge in [0.1, 0.15) is 16.5 Å². The number of nitrogens with zero attached hydrogens (tertiary/aromatic N) is 2. The quantitative estimate of drug-likeness (QED) is 0.519. The maximum atomic E-state index is 12.5. The third-order valence-corrected chi connectivity index (χ3v) is 4.43. The molecule has 27 heavy (non-hydrogen) atoms. The predicted octanol–water partition coefficient (Wildman–Crippen LogP) is 3.32. The molecule has 0 aliphatic heterocycles. The number of ether oxygens (including phenoxy) is 2. The van der Waals surface area contributed by atoms with E-state index < -0.39 is 11.9 Å². The van der Waals surface area contributed by atoms with E-state index in [1.807, 2.05) is 24.3 Å². The third kappa shape index (κ3) is 4.89. The zero-order chi connectivity index (χ0) is 19.2. The lowest BCUT2D eigenvalue weighted by Crippen LogP contribution is -2.14. The zero-order valence-corrected chi connectivity index (χ0v) is 15.6. The van der Waals surface area contributed by atoms with Crippen LogP contribution in [-0.2, 0) is 11.2 Å². The lowest BCUT2D eigenvalue weighted by molar-refractivity contribution is -0.131. The first-order chi connectivity index (χ1) is 13.0. The lowest BCUT2D eigenvalue weighted by atomic mass is 10.1. The molecule has 0 radical (unpaired) electrons. The van der Waals surface area contributed by atoms with E-state index in [0.29, 0.717) is 11.6 Å². The van der Waals surface area contributed by atoms with Crippen molar-refractivity contribution >= 4 is 28.3 Å². The summed E-state index contributed by atoms with van der Waals surface area (Å²) in [6.45, 7) is 1.28. The summed E-state index contributed by atoms with van der Waals surface area (Å²) in [4.78, 5) is 23.7. The molecular weight excluding hydrogens is 366 g/mol. The van der Waals surface area contributed by atoms with Crippen LogP contribution in [0, 0.1) is 0 Å². The van der Waals surface area contributed by atoms with Crippen molar-refractivity contribution in [3.63, 3.8) is 0 Å². The van der Waals surface area contributed by atoms with E-state index in [4.69, 9.17) is 9.47 Å². The molecule has 0 bridgehead atoms. The van der Waals surface area contributed by atoms with Gasteiger partial charge in [-0.1, -0.05) is 35.6 Å². The molecular formula is C19H17N3O4S. The van der Waals surface area contributed by atoms with Crippen LogP contribution in [0.5, 0.6) is 11.5 Å². The van der Waals surface area contributed by atoms with Crippen molar-refractivity contribution in [3.8, 4) is 11.5 Å². The Morgan fingerprint density at radius 1 is 1.07 bits per heavy atom. The number of benzene rings is 2. The van der Waals surface area contributed by atoms with Crippen LogP contribution in [0.25, 0.3) is 0 Å². The van der Waals surface area contributed by atoms with Crippen LogP contribution in [0.2, 0.25) is 0 Å². The topological polar surface area (TPSA) is 90.4 Å². The number of esters is 1. The van der Waals surface area contributed by atoms with Gasteiger partial charge in [0.25, 0.3) is 5.91 Å². The molecule has 138 valence electrons. The normalized spacial score (nSPS) is 10.3. The molecule has 1 amide bonds. The smallest absolute Gasteiger partial charge is 0.308 e. The van der Waals surface area contributed by atoms with Crippen LogP contribution >= 0.6 is 11.3 Å². The maximum absolute atomic E-state index is 12.5. The van der Waals surface area contributed by atoms with Crippen molar-refractivity contribution in [2.45, 2.75) is 13.3 Å². The highest BCUT2D eigenvalue weighted by Gasteiger charge is 2.16. The van der Waals surface area contributed by atoms with Gasteiger partial charge in [-0.3, -0.25) is 14.9 Å². The van der Waals surface area contributed by atoms with Gasteiger partial charge >= 0.3 is 5.97 Å². The highest BCUT2D eigenvalue weighted by molar-refractivity contribution is 7.15. The summed E-state index contributed by atoms with van der Waals surface area (Å²) in [5.41, 5.74) is 1.31. The number of carbonyl (C=O) groups is 2. The molecule has 1 aromatic heterocycles. The Morgan fingerprint density at radius 3 is 2.52 bits per heavy atom. The average Bonchev–Trinajstić information content (AvgIpc) is 3.09. The molecule has 1 N–H and O–H groups in total. The van der Waals surface area contributed by atoms with Crippen molar-refractivity contribution in [3.05, 3.63) is 64.7 Å². The number of para-hydroxylation sites is 1. The second kappa shape index (κ2) is 8.41. The lowest BCUT2D eigenvalue weighted by Gasteiger charge is -2.07. The minimum atomic E-state index is -0.493. The molecule has 3 rings (SSSR count). The molecule has 0 saturated heterocycles. The van der Waals surface area contributed by atoms with Crippen molar-refractivity contribution < 1.29 is 19.1 Å². The van der Waals surface area contributed by atoms with Crippen LogP contribution in [-0.4, -0.2) is 29.2 Å². The van der Waals surface area contributed by atoms with Crippen LogP contribution in [0.3, 0.4) is 0 Å². The van der Waals surface area contributed by atoms with Gasteiger partial charge in [-0.25, -0.2) is 0 Å². The number of amides is 1. The standard InChI is InChI=1S/C19H17N3O4S/c1-12(23)26-16-6-4-3-5-15(16)18(24)20-19-22-21-17(27-19)11-13-7-9-14(25-2)10-8-13/h3-10H,11H2,1-2H3,(H,20,22,24). The third-order valence-electron chi connectivity index (χ3n) is 3.59. The molecule has 0 saturated carbocycles. The predicted molar refractivity (Wildman–Crippen MR) is 101 cm³/mol. The van der Waals surface area contributed by atoms with Gasteiger partial charge in [-0.2, -0.15) is 0 Å². The SMILES string of the molecule is COc1ccc(Cc2nnc(NC(=O)c3ccccc3OC(C)=O)s2)cc1. The number of hydrogen-bond acceptors (Lipinski definition) is 7. The highest BCUT2D eigenvalue weighted by Crippen LogP contribution is 2.23. The summed E-state index contributed by atoms with van der Waals surface area (Å²) in [6.07, 6.45) is 0.599. The van der Waals surface area contributed by atoms with Gasteiger partial charge in [0, 0.05) is 13.3 Å². The molecule has 0 unspecified atom stereocenters. The van der Waals surface area contributed by atoms with Gasteiger partial charge in [0.05, 0.1) is 12.7 Å². The molecule has 0 aliphatic rings. The zero-order valence-electron chi connectivity index (χ0n) is 14.8. The van der Waals surface area contributed by atoms with E-state index in [-0.39, 0.29) is 11.3 Å². The summed E-state index contributed by atoms with van der Waals surface area (Å²) >= 11 is 1.29. The molecule has 8 heteroatoms. The first kappa shape index (κ1) is 18.5. The summed E-state index contributed by atoms with van der Waals surface area (Å²) in [7, 11) is 1.62. The van der Waals surface area contributed by atoms with Crippen LogP contribution in [0.15, 0.2) is 48.5 Å². The molecule has 0 aliphatic carbocycles. The molecule has 1 heterocycles. The Morgan fingerprint density at radius 2 is 1.81 bits per heavy atom. The Bertz CT molecular complexity index is 954. The molecule has 7 nitrogen and oxygen atoms in total. The van der Waals surface area contributed by atoms with Crippen molar-refractivity contribution in [2.75, 3.05) is 12.4 Å². The summed E-state index contributed by atoms with van der Waals surface area (Å²) < 4.78 is 10.2. The monoisotopic (exact) mass is 383 g/mol. The first-order valence-electron chi connectivity index (χ1n) is 8.09. The fraction of sp³-hybridized carbons (Fsp3) is 0.158. The van der Waals surface area contributed by atoms with Crippen molar-refractivity contribution in [2.24, 2.45) is 0 Å². The Labute approximate surface area is 160 Å². The number of rotatable bonds is 6. The maximum Gasteiger partial charge on any atom is 0.308 e. The number of methoxy groups -OCH3 is 1. The van der Waals surface area contributed by atoms with Gasteiger partial charge < -0.3 is 9.47 Å². The van der Waals surface area contributed by atoms with Crippen LogP contribution < -0.4 is 14.8 Å². The van der Waals surface area contributed by atoms with Crippen molar-refractivity contribution in [1.29, 1.82) is 0 Å². The van der Waals surface area contributed by atoms with E-state index in [9.17, 15) is 9.59 Å². The minimum Gasteiger partial charge on any atom is -0.497 e. The number of nitrogens with one attached hydrogen (secondary N) is 1. The Balaban J connectivity index is 1.68. The molecule has 0 spiro atoms. The van der Waals surface area contributed by atoms with Gasteiger partial charge in [-0.15, -0.1) is 10.2 Å².